The Balaban J connectivity index is 3.03. The summed E-state index contributed by atoms with van der Waals surface area (Å²) in [7, 11) is 2.74. The van der Waals surface area contributed by atoms with E-state index in [0.717, 1.165) is 0 Å². The Kier molecular flexibility index (Phi) is 4.53. The molecule has 0 radical (unpaired) electrons. The highest BCUT2D eigenvalue weighted by Gasteiger charge is 2.19. The number of carboxylic acid groups (broad SMARTS) is 1. The lowest BCUT2D eigenvalue weighted by Crippen LogP contribution is -2.05. The number of Topliss-reactive ketones (excluding diaryl/α,β-unsaturated/α-hetero) is 1. The van der Waals surface area contributed by atoms with Gasteiger partial charge in [0.2, 0.25) is 5.75 Å². The molecule has 0 aliphatic carbocycles. The number of ether oxygens (including phenoxy) is 2. The lowest BCUT2D eigenvalue weighted by molar-refractivity contribution is -0.136. The fourth-order valence-corrected chi connectivity index (χ4v) is 1.49. The summed E-state index contributed by atoms with van der Waals surface area (Å²) < 4.78 is 9.90. The topological polar surface area (TPSA) is 93.1 Å². The molecule has 98 valence electrons. The Hall–Kier alpha value is -2.24. The lowest BCUT2D eigenvalue weighted by atomic mass is 10.0. The second-order valence-corrected chi connectivity index (χ2v) is 3.51. The fraction of sp³-hybridized carbons (Fsp3) is 0.333. The highest BCUT2D eigenvalue weighted by atomic mass is 16.5. The number of benzene rings is 1. The van der Waals surface area contributed by atoms with Crippen molar-refractivity contribution >= 4 is 11.8 Å². The van der Waals surface area contributed by atoms with E-state index >= 15 is 0 Å². The van der Waals surface area contributed by atoms with Crippen LogP contribution in [-0.4, -0.2) is 36.2 Å². The monoisotopic (exact) mass is 254 g/mol. The second-order valence-electron chi connectivity index (χ2n) is 3.51. The van der Waals surface area contributed by atoms with Gasteiger partial charge in [0.25, 0.3) is 0 Å². The van der Waals surface area contributed by atoms with Crippen LogP contribution >= 0.6 is 0 Å². The van der Waals surface area contributed by atoms with Gasteiger partial charge in [0.15, 0.2) is 17.3 Å². The van der Waals surface area contributed by atoms with Gasteiger partial charge >= 0.3 is 5.97 Å². The van der Waals surface area contributed by atoms with Crippen LogP contribution in [0.25, 0.3) is 0 Å². The molecule has 18 heavy (non-hydrogen) atoms. The van der Waals surface area contributed by atoms with Crippen LogP contribution in [0.4, 0.5) is 0 Å². The van der Waals surface area contributed by atoms with Crippen LogP contribution in [0, 0.1) is 0 Å². The number of hydrogen-bond acceptors (Lipinski definition) is 5. The van der Waals surface area contributed by atoms with Gasteiger partial charge in [0, 0.05) is 6.42 Å². The Labute approximate surface area is 104 Å². The van der Waals surface area contributed by atoms with Crippen molar-refractivity contribution in [1.82, 2.24) is 0 Å². The van der Waals surface area contributed by atoms with Crippen LogP contribution in [0.3, 0.4) is 0 Å². The number of aliphatic carboxylic acids is 1. The summed E-state index contributed by atoms with van der Waals surface area (Å²) in [6.07, 6.45) is -0.467. The van der Waals surface area contributed by atoms with Crippen molar-refractivity contribution in [2.24, 2.45) is 0 Å². The molecule has 6 nitrogen and oxygen atoms in total. The smallest absolute Gasteiger partial charge is 0.303 e. The third kappa shape index (κ3) is 2.91. The first kappa shape index (κ1) is 13.8. The van der Waals surface area contributed by atoms with Crippen LogP contribution in [-0.2, 0) is 4.79 Å². The van der Waals surface area contributed by atoms with Crippen molar-refractivity contribution < 1.29 is 29.3 Å². The van der Waals surface area contributed by atoms with Gasteiger partial charge in [-0.25, -0.2) is 0 Å². The number of carbonyl (C=O) groups is 2. The Morgan fingerprint density at radius 3 is 2.33 bits per heavy atom. The highest BCUT2D eigenvalue weighted by Crippen LogP contribution is 2.39. The van der Waals surface area contributed by atoms with E-state index in [2.05, 4.69) is 0 Å². The molecule has 0 heterocycles. The van der Waals surface area contributed by atoms with E-state index in [0.29, 0.717) is 5.75 Å². The van der Waals surface area contributed by atoms with Crippen molar-refractivity contribution in [1.29, 1.82) is 0 Å². The summed E-state index contributed by atoms with van der Waals surface area (Å²) in [5.41, 5.74) is 0.0221. The number of phenols is 1. The number of phenolic OH excluding ortho intramolecular Hbond substituents is 1. The molecule has 0 spiro atoms. The molecular formula is C12H14O6. The summed E-state index contributed by atoms with van der Waals surface area (Å²) in [4.78, 5) is 22.1. The molecule has 0 saturated heterocycles. The molecule has 1 aromatic rings. The largest absolute Gasteiger partial charge is 0.504 e. The van der Waals surface area contributed by atoms with Crippen molar-refractivity contribution in [3.8, 4) is 17.2 Å². The van der Waals surface area contributed by atoms with Gasteiger partial charge in [-0.1, -0.05) is 0 Å². The first-order valence-corrected chi connectivity index (χ1v) is 5.20. The first-order chi connectivity index (χ1) is 8.51. The molecule has 0 saturated carbocycles. The summed E-state index contributed by atoms with van der Waals surface area (Å²) in [6.45, 7) is 0. The minimum atomic E-state index is -1.07. The van der Waals surface area contributed by atoms with E-state index in [1.165, 1.54) is 26.4 Å². The number of rotatable bonds is 6. The van der Waals surface area contributed by atoms with E-state index < -0.39 is 11.8 Å². The van der Waals surface area contributed by atoms with Gasteiger partial charge in [-0.3, -0.25) is 9.59 Å². The summed E-state index contributed by atoms with van der Waals surface area (Å²) in [5.74, 6) is -1.52. The van der Waals surface area contributed by atoms with E-state index in [1.54, 1.807) is 0 Å². The number of carboxylic acids is 1. The maximum Gasteiger partial charge on any atom is 0.303 e. The lowest BCUT2D eigenvalue weighted by Gasteiger charge is -2.11. The molecule has 0 unspecified atom stereocenters. The van der Waals surface area contributed by atoms with Crippen LogP contribution in [0.5, 0.6) is 17.2 Å². The molecule has 0 amide bonds. The molecule has 0 bridgehead atoms. The Morgan fingerprint density at radius 1 is 1.17 bits per heavy atom. The molecule has 6 heteroatoms. The van der Waals surface area contributed by atoms with Gasteiger partial charge in [0.05, 0.1) is 26.2 Å². The average Bonchev–Trinajstić information content (AvgIpc) is 2.35. The van der Waals surface area contributed by atoms with Crippen LogP contribution < -0.4 is 9.47 Å². The van der Waals surface area contributed by atoms with E-state index in [-0.39, 0.29) is 29.9 Å². The molecule has 1 rings (SSSR count). The number of methoxy groups -OCH3 is 2. The van der Waals surface area contributed by atoms with Gasteiger partial charge < -0.3 is 19.7 Å². The maximum atomic E-state index is 11.7. The third-order valence-corrected chi connectivity index (χ3v) is 2.39. The van der Waals surface area contributed by atoms with Crippen LogP contribution in [0.1, 0.15) is 23.2 Å². The Bertz CT molecular complexity index is 466. The zero-order chi connectivity index (χ0) is 13.7. The molecule has 0 atom stereocenters. The first-order valence-electron chi connectivity index (χ1n) is 5.20. The number of aromatic hydroxyl groups is 1. The number of hydrogen-bond donors (Lipinski definition) is 2. The normalized spacial score (nSPS) is 9.89. The van der Waals surface area contributed by atoms with Crippen LogP contribution in [0.2, 0.25) is 0 Å². The predicted octanol–water partition coefficient (Wildman–Crippen LogP) is 1.46. The number of ketones is 1. The molecular weight excluding hydrogens is 240 g/mol. The van der Waals surface area contributed by atoms with Crippen molar-refractivity contribution in [2.45, 2.75) is 12.8 Å². The molecule has 0 aliphatic heterocycles. The quantitative estimate of drug-likeness (QED) is 0.746. The average molecular weight is 254 g/mol. The Morgan fingerprint density at radius 2 is 1.83 bits per heavy atom. The summed E-state index contributed by atoms with van der Waals surface area (Å²) >= 11 is 0. The summed E-state index contributed by atoms with van der Waals surface area (Å²) in [6, 6.07) is 2.85. The van der Waals surface area contributed by atoms with Crippen molar-refractivity contribution in [3.05, 3.63) is 17.7 Å². The van der Waals surface area contributed by atoms with E-state index in [9.17, 15) is 14.7 Å². The predicted molar refractivity (Wildman–Crippen MR) is 62.4 cm³/mol. The zero-order valence-electron chi connectivity index (χ0n) is 10.1. The second kappa shape index (κ2) is 5.90. The standard InChI is InChI=1S/C12H14O6/c1-17-9-5-3-7(11(16)12(9)18-2)8(13)4-6-10(14)15/h3,5,16H,4,6H2,1-2H3,(H,14,15). The van der Waals surface area contributed by atoms with Gasteiger partial charge in [-0.05, 0) is 12.1 Å². The maximum absolute atomic E-state index is 11.7. The molecule has 0 aromatic heterocycles. The molecule has 2 N–H and O–H groups in total. The third-order valence-electron chi connectivity index (χ3n) is 2.39. The minimum Gasteiger partial charge on any atom is -0.504 e. The fourth-order valence-electron chi connectivity index (χ4n) is 1.49. The molecule has 0 fully saturated rings. The van der Waals surface area contributed by atoms with Crippen molar-refractivity contribution in [3.63, 3.8) is 0 Å². The van der Waals surface area contributed by atoms with Crippen molar-refractivity contribution in [2.75, 3.05) is 14.2 Å². The summed E-state index contributed by atoms with van der Waals surface area (Å²) in [5, 5.41) is 18.4. The van der Waals surface area contributed by atoms with Gasteiger partial charge in [-0.15, -0.1) is 0 Å². The van der Waals surface area contributed by atoms with E-state index in [4.69, 9.17) is 14.6 Å². The minimum absolute atomic E-state index is 0.0221. The van der Waals surface area contributed by atoms with Gasteiger partial charge in [0.1, 0.15) is 0 Å². The molecule has 1 aromatic carbocycles. The molecule has 0 aliphatic rings. The SMILES string of the molecule is COc1ccc(C(=O)CCC(=O)O)c(O)c1OC. The van der Waals surface area contributed by atoms with E-state index in [1.807, 2.05) is 0 Å². The highest BCUT2D eigenvalue weighted by molar-refractivity contribution is 6.00. The van der Waals surface area contributed by atoms with Crippen LogP contribution in [0.15, 0.2) is 12.1 Å². The van der Waals surface area contributed by atoms with Gasteiger partial charge in [-0.2, -0.15) is 0 Å². The number of carbonyl (C=O) groups excluding carboxylic acids is 1. The zero-order valence-corrected chi connectivity index (χ0v) is 10.1.